The molecule has 8 rings (SSSR count). The number of hydrogen-bond acceptors (Lipinski definition) is 9. The molecule has 0 spiro atoms. The molecule has 0 bridgehead atoms. The third-order valence-electron chi connectivity index (χ3n) is 9.36. The highest BCUT2D eigenvalue weighted by Crippen LogP contribution is 2.44. The number of fused-ring (bicyclic) bond motifs is 1. The van der Waals surface area contributed by atoms with Crippen LogP contribution < -0.4 is 10.6 Å². The van der Waals surface area contributed by atoms with E-state index >= 15 is 0 Å². The lowest BCUT2D eigenvalue weighted by Crippen LogP contribution is -2.43. The predicted molar refractivity (Wildman–Crippen MR) is 182 cm³/mol. The molecule has 5 aromatic rings. The quantitative estimate of drug-likeness (QED) is 0.182. The van der Waals surface area contributed by atoms with Crippen LogP contribution in [0.25, 0.3) is 45.4 Å². The Labute approximate surface area is 273 Å². The Balaban J connectivity index is 1.18. The number of piperazine rings is 2. The second kappa shape index (κ2) is 13.1. The summed E-state index contributed by atoms with van der Waals surface area (Å²) in [4.78, 5) is 43.6. The largest absolute Gasteiger partial charge is 0.340 e. The van der Waals surface area contributed by atoms with E-state index in [-0.39, 0.29) is 0 Å². The Kier molecular flexibility index (Phi) is 8.26. The predicted octanol–water partition coefficient (Wildman–Crippen LogP) is 3.57. The summed E-state index contributed by atoms with van der Waals surface area (Å²) in [7, 11) is 0. The number of H-pyrrole nitrogens is 2. The minimum atomic E-state index is -0.419. The Bertz CT molecular complexity index is 1890. The second-order valence-corrected chi connectivity index (χ2v) is 12.4. The minimum absolute atomic E-state index is 0.419. The molecule has 6 heterocycles. The van der Waals surface area contributed by atoms with Gasteiger partial charge in [-0.3, -0.25) is 19.8 Å². The van der Waals surface area contributed by atoms with Gasteiger partial charge < -0.3 is 25.4 Å². The highest BCUT2D eigenvalue weighted by molar-refractivity contribution is 6.02. The number of benzene rings is 1. The SMILES string of the molecule is O=CC1C(c2nc(CN3CCNCC3)[nH]c2-c2ccncc2)=Cc2cc(-c3nc(CN4CCNCC4)[nH]c3-c3ccncc3)ccc21. The lowest BCUT2D eigenvalue weighted by Gasteiger charge is -2.26. The van der Waals surface area contributed by atoms with E-state index in [1.54, 1.807) is 12.4 Å². The maximum atomic E-state index is 12.8. The van der Waals surface area contributed by atoms with E-state index in [0.29, 0.717) is 0 Å². The third kappa shape index (κ3) is 6.06. The monoisotopic (exact) mass is 626 g/mol. The van der Waals surface area contributed by atoms with Crippen molar-refractivity contribution in [3.8, 4) is 33.8 Å². The number of aromatic nitrogens is 6. The molecule has 0 radical (unpaired) electrons. The molecule has 1 atom stereocenters. The average molecular weight is 627 g/mol. The topological polar surface area (TPSA) is 131 Å². The highest BCUT2D eigenvalue weighted by atomic mass is 16.1. The smallest absolute Gasteiger partial charge is 0.131 e. The Morgan fingerprint density at radius 3 is 1.77 bits per heavy atom. The van der Waals surface area contributed by atoms with Crippen LogP contribution in [0.2, 0.25) is 0 Å². The molecule has 2 aliphatic heterocycles. The first-order valence-corrected chi connectivity index (χ1v) is 16.4. The molecule has 11 nitrogen and oxygen atoms in total. The molecular weight excluding hydrogens is 588 g/mol. The van der Waals surface area contributed by atoms with E-state index in [1.165, 1.54) is 0 Å². The van der Waals surface area contributed by atoms with Crippen molar-refractivity contribution < 1.29 is 4.79 Å². The number of aldehydes is 1. The number of imidazole rings is 2. The van der Waals surface area contributed by atoms with Gasteiger partial charge in [-0.25, -0.2) is 9.97 Å². The average Bonchev–Trinajstić information content (AvgIpc) is 3.85. The fourth-order valence-electron chi connectivity index (χ4n) is 6.95. The molecule has 0 amide bonds. The first kappa shape index (κ1) is 29.6. The van der Waals surface area contributed by atoms with Crippen LogP contribution in [0.1, 0.15) is 34.4 Å². The van der Waals surface area contributed by atoms with Crippen LogP contribution in [0.15, 0.2) is 67.3 Å². The molecule has 47 heavy (non-hydrogen) atoms. The maximum absolute atomic E-state index is 12.8. The lowest BCUT2D eigenvalue weighted by molar-refractivity contribution is -0.108. The number of nitrogens with one attached hydrogen (secondary N) is 4. The van der Waals surface area contributed by atoms with Gasteiger partial charge in [0.25, 0.3) is 0 Å². The van der Waals surface area contributed by atoms with Crippen LogP contribution in [0.3, 0.4) is 0 Å². The van der Waals surface area contributed by atoms with Crippen LogP contribution in [-0.2, 0) is 17.9 Å². The first-order chi connectivity index (χ1) is 23.2. The fraction of sp³-hybridized carbons (Fsp3) is 0.306. The van der Waals surface area contributed by atoms with Crippen molar-refractivity contribution in [2.45, 2.75) is 19.0 Å². The van der Waals surface area contributed by atoms with Crippen molar-refractivity contribution in [3.63, 3.8) is 0 Å². The van der Waals surface area contributed by atoms with Gasteiger partial charge >= 0.3 is 0 Å². The summed E-state index contributed by atoms with van der Waals surface area (Å²) >= 11 is 0. The molecule has 4 aromatic heterocycles. The number of carbonyl (C=O) groups excluding carboxylic acids is 1. The first-order valence-electron chi connectivity index (χ1n) is 16.4. The molecule has 1 aliphatic carbocycles. The van der Waals surface area contributed by atoms with Crippen LogP contribution in [-0.4, -0.2) is 98.3 Å². The lowest BCUT2D eigenvalue weighted by atomic mass is 9.92. The van der Waals surface area contributed by atoms with Crippen molar-refractivity contribution in [2.75, 3.05) is 52.4 Å². The molecule has 3 aliphatic rings. The summed E-state index contributed by atoms with van der Waals surface area (Å²) in [5, 5.41) is 6.84. The number of rotatable bonds is 9. The number of aromatic amines is 2. The van der Waals surface area contributed by atoms with Gasteiger partial charge in [0, 0.05) is 93.8 Å². The number of nitrogens with zero attached hydrogens (tertiary/aromatic N) is 6. The van der Waals surface area contributed by atoms with Gasteiger partial charge in [-0.05, 0) is 53.1 Å². The van der Waals surface area contributed by atoms with Gasteiger partial charge in [-0.1, -0.05) is 12.1 Å². The molecule has 0 saturated carbocycles. The zero-order chi connectivity index (χ0) is 31.6. The summed E-state index contributed by atoms with van der Waals surface area (Å²) in [6, 6.07) is 14.3. The van der Waals surface area contributed by atoms with Gasteiger partial charge in [-0.15, -0.1) is 0 Å². The number of allylic oxidation sites excluding steroid dienone is 1. The summed E-state index contributed by atoms with van der Waals surface area (Å²) in [6.45, 7) is 9.32. The molecule has 1 unspecified atom stereocenters. The maximum Gasteiger partial charge on any atom is 0.131 e. The standard InChI is InChI=1S/C36H38N10O/c47-23-30-28-2-1-26(35-33(24-3-7-37-8-4-24)41-31(43-35)21-45-15-11-39-12-16-45)19-27(28)20-29(30)36-34(25-5-9-38-10-6-25)42-32(44-36)22-46-17-13-40-14-18-46/h1-10,19-20,23,30,39-40H,11-18,21-22H2,(H,41,43)(H,42,44). The van der Waals surface area contributed by atoms with Gasteiger partial charge in [0.1, 0.15) is 17.9 Å². The number of pyridine rings is 2. The summed E-state index contributed by atoms with van der Waals surface area (Å²) in [5.41, 5.74) is 9.50. The molecule has 2 fully saturated rings. The van der Waals surface area contributed by atoms with E-state index < -0.39 is 5.92 Å². The van der Waals surface area contributed by atoms with Crippen molar-refractivity contribution in [1.29, 1.82) is 0 Å². The van der Waals surface area contributed by atoms with E-state index in [4.69, 9.17) is 9.97 Å². The third-order valence-corrected chi connectivity index (χ3v) is 9.36. The van der Waals surface area contributed by atoms with Crippen molar-refractivity contribution in [2.24, 2.45) is 0 Å². The Hall–Kier alpha value is -4.81. The van der Waals surface area contributed by atoms with Crippen molar-refractivity contribution in [1.82, 2.24) is 50.3 Å². The molecule has 238 valence electrons. The van der Waals surface area contributed by atoms with Crippen LogP contribution in [0, 0.1) is 0 Å². The number of hydrogen-bond donors (Lipinski definition) is 4. The van der Waals surface area contributed by atoms with Gasteiger partial charge in [0.05, 0.1) is 41.8 Å². The van der Waals surface area contributed by atoms with Gasteiger partial charge in [-0.2, -0.15) is 0 Å². The van der Waals surface area contributed by atoms with Gasteiger partial charge in [0.15, 0.2) is 0 Å². The van der Waals surface area contributed by atoms with Crippen LogP contribution in [0.5, 0.6) is 0 Å². The zero-order valence-electron chi connectivity index (χ0n) is 26.2. The zero-order valence-corrected chi connectivity index (χ0v) is 26.2. The van der Waals surface area contributed by atoms with E-state index in [1.807, 2.05) is 36.7 Å². The van der Waals surface area contributed by atoms with E-state index in [2.05, 4.69) is 64.6 Å². The van der Waals surface area contributed by atoms with Crippen molar-refractivity contribution >= 4 is 17.9 Å². The Morgan fingerprint density at radius 2 is 1.21 bits per heavy atom. The normalized spacial score (nSPS) is 18.6. The van der Waals surface area contributed by atoms with E-state index in [9.17, 15) is 4.79 Å². The molecule has 2 saturated heterocycles. The van der Waals surface area contributed by atoms with Gasteiger partial charge in [0.2, 0.25) is 0 Å². The number of carbonyl (C=O) groups is 1. The summed E-state index contributed by atoms with van der Waals surface area (Å²) in [6.07, 6.45) is 10.4. The molecule has 1 aromatic carbocycles. The fourth-order valence-corrected chi connectivity index (χ4v) is 6.95. The van der Waals surface area contributed by atoms with Crippen molar-refractivity contribution in [3.05, 3.63) is 95.7 Å². The van der Waals surface area contributed by atoms with Crippen LogP contribution in [0.4, 0.5) is 0 Å². The molecule has 11 heteroatoms. The highest BCUT2D eigenvalue weighted by Gasteiger charge is 2.31. The molecule has 4 N–H and O–H groups in total. The molecular formula is C36H38N10O. The Morgan fingerprint density at radius 1 is 0.681 bits per heavy atom. The van der Waals surface area contributed by atoms with E-state index in [0.717, 1.165) is 140 Å². The summed E-state index contributed by atoms with van der Waals surface area (Å²) in [5.74, 6) is 1.41. The minimum Gasteiger partial charge on any atom is -0.340 e. The van der Waals surface area contributed by atoms with Crippen LogP contribution >= 0.6 is 0 Å². The summed E-state index contributed by atoms with van der Waals surface area (Å²) < 4.78 is 0. The second-order valence-electron chi connectivity index (χ2n) is 12.4.